The maximum atomic E-state index is 11.8. The lowest BCUT2D eigenvalue weighted by Gasteiger charge is -2.15. The first-order valence-electron chi connectivity index (χ1n) is 5.40. The smallest absolute Gasteiger partial charge is 0.325 e. The third-order valence-electron chi connectivity index (χ3n) is 2.27. The number of thiophene rings is 1. The predicted molar refractivity (Wildman–Crippen MR) is 74.2 cm³/mol. The quantitative estimate of drug-likeness (QED) is 0.745. The minimum Gasteiger partial charge on any atom is -0.480 e. The zero-order valence-corrected chi connectivity index (χ0v) is 12.7. The Morgan fingerprint density at radius 2 is 1.84 bits per heavy atom. The standard InChI is InChI=1S/C11H13BrN2O4S/c1-5(9(15)14-6(2)11(17)18)13-10(16)7-3-4-8(12)19-7/h3-6H,1-2H3,(H,13,16)(H,14,15)(H,17,18)/t5?,6-/m0/s1. The molecule has 1 rings (SSSR count). The third-order valence-corrected chi connectivity index (χ3v) is 3.89. The summed E-state index contributed by atoms with van der Waals surface area (Å²) < 4.78 is 0.814. The van der Waals surface area contributed by atoms with Crippen LogP contribution < -0.4 is 10.6 Å². The van der Waals surface area contributed by atoms with Crippen LogP contribution in [0.25, 0.3) is 0 Å². The fourth-order valence-electron chi connectivity index (χ4n) is 1.17. The van der Waals surface area contributed by atoms with Crippen LogP contribution in [0.1, 0.15) is 23.5 Å². The van der Waals surface area contributed by atoms with Crippen molar-refractivity contribution in [1.29, 1.82) is 0 Å². The maximum Gasteiger partial charge on any atom is 0.325 e. The molecule has 2 amide bonds. The van der Waals surface area contributed by atoms with Crippen LogP contribution in [0.3, 0.4) is 0 Å². The summed E-state index contributed by atoms with van der Waals surface area (Å²) in [6, 6.07) is 1.56. The molecule has 1 unspecified atom stereocenters. The second-order valence-corrected chi connectivity index (χ2v) is 6.33. The zero-order chi connectivity index (χ0) is 14.6. The lowest BCUT2D eigenvalue weighted by atomic mass is 10.2. The van der Waals surface area contributed by atoms with Crippen LogP contribution >= 0.6 is 27.3 Å². The van der Waals surface area contributed by atoms with Gasteiger partial charge in [0.05, 0.1) is 8.66 Å². The van der Waals surface area contributed by atoms with E-state index in [0.717, 1.165) is 3.79 Å². The lowest BCUT2D eigenvalue weighted by molar-refractivity contribution is -0.141. The van der Waals surface area contributed by atoms with Crippen LogP contribution in [0.5, 0.6) is 0 Å². The molecule has 1 aromatic rings. The molecule has 0 aromatic carbocycles. The monoisotopic (exact) mass is 348 g/mol. The van der Waals surface area contributed by atoms with Gasteiger partial charge in [0.1, 0.15) is 12.1 Å². The number of rotatable bonds is 5. The number of carbonyl (C=O) groups excluding carboxylic acids is 2. The van der Waals surface area contributed by atoms with Crippen molar-refractivity contribution in [2.24, 2.45) is 0 Å². The van der Waals surface area contributed by atoms with Crippen LogP contribution in [0, 0.1) is 0 Å². The number of carboxylic acids is 1. The number of hydrogen-bond donors (Lipinski definition) is 3. The lowest BCUT2D eigenvalue weighted by Crippen LogP contribution is -2.49. The topological polar surface area (TPSA) is 95.5 Å². The average Bonchev–Trinajstić information content (AvgIpc) is 2.75. The summed E-state index contributed by atoms with van der Waals surface area (Å²) in [4.78, 5) is 34.5. The van der Waals surface area contributed by atoms with E-state index in [1.54, 1.807) is 12.1 Å². The first-order valence-corrected chi connectivity index (χ1v) is 7.01. The van der Waals surface area contributed by atoms with Gasteiger partial charge in [0, 0.05) is 0 Å². The summed E-state index contributed by atoms with van der Waals surface area (Å²) in [6.07, 6.45) is 0. The summed E-state index contributed by atoms with van der Waals surface area (Å²) in [5.74, 6) is -2.05. The Morgan fingerprint density at radius 3 is 2.32 bits per heavy atom. The molecule has 0 aliphatic carbocycles. The number of halogens is 1. The Kier molecular flexibility index (Phi) is 5.49. The van der Waals surface area contributed by atoms with Gasteiger partial charge in [-0.1, -0.05) is 0 Å². The Morgan fingerprint density at radius 1 is 1.21 bits per heavy atom. The van der Waals surface area contributed by atoms with Crippen molar-refractivity contribution >= 4 is 45.1 Å². The highest BCUT2D eigenvalue weighted by molar-refractivity contribution is 9.11. The SMILES string of the molecule is CC(NC(=O)c1ccc(Br)s1)C(=O)N[C@@H](C)C(=O)O. The molecule has 0 saturated carbocycles. The van der Waals surface area contributed by atoms with Crippen molar-refractivity contribution in [3.63, 3.8) is 0 Å². The number of aliphatic carboxylic acids is 1. The third kappa shape index (κ3) is 4.64. The van der Waals surface area contributed by atoms with Crippen molar-refractivity contribution in [3.05, 3.63) is 20.8 Å². The molecule has 0 bridgehead atoms. The van der Waals surface area contributed by atoms with Gasteiger partial charge < -0.3 is 15.7 Å². The first kappa shape index (κ1) is 15.6. The molecule has 0 saturated heterocycles. The summed E-state index contributed by atoms with van der Waals surface area (Å²) in [5, 5.41) is 13.5. The van der Waals surface area contributed by atoms with E-state index in [9.17, 15) is 14.4 Å². The number of carbonyl (C=O) groups is 3. The van der Waals surface area contributed by atoms with Crippen LogP contribution in [-0.2, 0) is 9.59 Å². The van der Waals surface area contributed by atoms with Crippen LogP contribution in [0.15, 0.2) is 15.9 Å². The van der Waals surface area contributed by atoms with E-state index in [0.29, 0.717) is 4.88 Å². The molecule has 0 aliphatic rings. The van der Waals surface area contributed by atoms with Crippen LogP contribution in [-0.4, -0.2) is 35.0 Å². The molecule has 8 heteroatoms. The van der Waals surface area contributed by atoms with E-state index in [2.05, 4.69) is 26.6 Å². The summed E-state index contributed by atoms with van der Waals surface area (Å²) >= 11 is 4.49. The molecule has 0 fully saturated rings. The molecule has 0 spiro atoms. The molecule has 1 aromatic heterocycles. The molecule has 0 aliphatic heterocycles. The first-order chi connectivity index (χ1) is 8.81. The summed E-state index contributed by atoms with van der Waals surface area (Å²) in [7, 11) is 0. The minimum absolute atomic E-state index is 0.374. The van der Waals surface area contributed by atoms with Gasteiger partial charge in [0.25, 0.3) is 5.91 Å². The van der Waals surface area contributed by atoms with E-state index in [1.807, 2.05) is 0 Å². The molecule has 3 N–H and O–H groups in total. The normalized spacial score (nSPS) is 13.4. The van der Waals surface area contributed by atoms with Crippen molar-refractivity contribution in [1.82, 2.24) is 10.6 Å². The molecular formula is C11H13BrN2O4S. The van der Waals surface area contributed by atoms with Gasteiger partial charge in [-0.25, -0.2) is 0 Å². The molecule has 0 radical (unpaired) electrons. The van der Waals surface area contributed by atoms with Gasteiger partial charge in [0.15, 0.2) is 0 Å². The van der Waals surface area contributed by atoms with Gasteiger partial charge in [0.2, 0.25) is 5.91 Å². The van der Waals surface area contributed by atoms with E-state index in [1.165, 1.54) is 25.2 Å². The summed E-state index contributed by atoms with van der Waals surface area (Å²) in [5.41, 5.74) is 0. The average molecular weight is 349 g/mol. The predicted octanol–water partition coefficient (Wildman–Crippen LogP) is 1.22. The Labute approximate surface area is 122 Å². The number of hydrogen-bond acceptors (Lipinski definition) is 4. The number of carboxylic acid groups (broad SMARTS) is 1. The maximum absolute atomic E-state index is 11.8. The van der Waals surface area contributed by atoms with Crippen molar-refractivity contribution < 1.29 is 19.5 Å². The highest BCUT2D eigenvalue weighted by Gasteiger charge is 2.21. The van der Waals surface area contributed by atoms with Crippen LogP contribution in [0.4, 0.5) is 0 Å². The van der Waals surface area contributed by atoms with Crippen LogP contribution in [0.2, 0.25) is 0 Å². The fourth-order valence-corrected chi connectivity index (χ4v) is 2.46. The highest BCUT2D eigenvalue weighted by atomic mass is 79.9. The highest BCUT2D eigenvalue weighted by Crippen LogP contribution is 2.21. The molecule has 2 atom stereocenters. The molecule has 19 heavy (non-hydrogen) atoms. The molecule has 1 heterocycles. The largest absolute Gasteiger partial charge is 0.480 e. The van der Waals surface area contributed by atoms with Crippen molar-refractivity contribution in [2.45, 2.75) is 25.9 Å². The van der Waals surface area contributed by atoms with Gasteiger partial charge in [-0.2, -0.15) is 0 Å². The Hall–Kier alpha value is -1.41. The molecule has 104 valence electrons. The van der Waals surface area contributed by atoms with E-state index < -0.39 is 24.0 Å². The Balaban J connectivity index is 2.55. The van der Waals surface area contributed by atoms with Gasteiger partial charge >= 0.3 is 5.97 Å². The van der Waals surface area contributed by atoms with Gasteiger partial charge in [-0.05, 0) is 41.9 Å². The summed E-state index contributed by atoms with van der Waals surface area (Å²) in [6.45, 7) is 2.84. The Bertz CT molecular complexity index is 503. The van der Waals surface area contributed by atoms with Gasteiger partial charge in [-0.3, -0.25) is 14.4 Å². The van der Waals surface area contributed by atoms with E-state index in [-0.39, 0.29) is 5.91 Å². The molecular weight excluding hydrogens is 336 g/mol. The van der Waals surface area contributed by atoms with Crippen molar-refractivity contribution in [2.75, 3.05) is 0 Å². The van der Waals surface area contributed by atoms with E-state index in [4.69, 9.17) is 5.11 Å². The number of nitrogens with one attached hydrogen (secondary N) is 2. The second-order valence-electron chi connectivity index (χ2n) is 3.87. The second kappa shape index (κ2) is 6.67. The zero-order valence-electron chi connectivity index (χ0n) is 10.3. The van der Waals surface area contributed by atoms with Crippen molar-refractivity contribution in [3.8, 4) is 0 Å². The van der Waals surface area contributed by atoms with Gasteiger partial charge in [-0.15, -0.1) is 11.3 Å². The number of amides is 2. The molecule has 6 nitrogen and oxygen atoms in total. The minimum atomic E-state index is -1.13. The van der Waals surface area contributed by atoms with E-state index >= 15 is 0 Å². The fraction of sp³-hybridized carbons (Fsp3) is 0.364.